The van der Waals surface area contributed by atoms with Crippen LogP contribution in [-0.4, -0.2) is 17.0 Å². The Morgan fingerprint density at radius 3 is 2.65 bits per heavy atom. The minimum Gasteiger partial charge on any atom is -0.481 e. The topological polar surface area (TPSA) is 66.4 Å². The van der Waals surface area contributed by atoms with E-state index >= 15 is 0 Å². The Morgan fingerprint density at radius 2 is 2.06 bits per heavy atom. The number of hydrogen-bond donors (Lipinski definition) is 2. The van der Waals surface area contributed by atoms with Crippen LogP contribution >= 0.6 is 11.6 Å². The number of carbonyl (C=O) groups is 2. The number of carbonyl (C=O) groups excluding carboxylic acids is 1. The monoisotopic (exact) mass is 255 g/mol. The van der Waals surface area contributed by atoms with E-state index in [1.165, 1.54) is 0 Å². The fourth-order valence-electron chi connectivity index (χ4n) is 1.25. The van der Waals surface area contributed by atoms with E-state index in [0.717, 1.165) is 0 Å². The van der Waals surface area contributed by atoms with Gasteiger partial charge in [0.05, 0.1) is 16.6 Å². The number of para-hydroxylation sites is 1. The molecular weight excluding hydrogens is 242 g/mol. The van der Waals surface area contributed by atoms with Gasteiger partial charge in [0.1, 0.15) is 0 Å². The van der Waals surface area contributed by atoms with E-state index in [2.05, 4.69) is 5.32 Å². The van der Waals surface area contributed by atoms with Crippen LogP contribution in [0.4, 0.5) is 5.69 Å². The standard InChI is InChI=1S/C12H14ClNO3/c1-8(12(16)17)6-7-11(15)14-10-5-3-2-4-9(10)13/h2-5,8H,6-7H2,1H3,(H,14,15)(H,16,17)/t8-/m0/s1. The molecule has 2 N–H and O–H groups in total. The van der Waals surface area contributed by atoms with E-state index < -0.39 is 11.9 Å². The van der Waals surface area contributed by atoms with Crippen molar-refractivity contribution in [3.8, 4) is 0 Å². The lowest BCUT2D eigenvalue weighted by molar-refractivity contribution is -0.141. The summed E-state index contributed by atoms with van der Waals surface area (Å²) >= 11 is 5.87. The van der Waals surface area contributed by atoms with Crippen LogP contribution in [0.15, 0.2) is 24.3 Å². The third kappa shape index (κ3) is 4.44. The highest BCUT2D eigenvalue weighted by Gasteiger charge is 2.13. The van der Waals surface area contributed by atoms with Gasteiger partial charge in [0.15, 0.2) is 0 Å². The van der Waals surface area contributed by atoms with Gasteiger partial charge in [-0.3, -0.25) is 9.59 Å². The van der Waals surface area contributed by atoms with Gasteiger partial charge >= 0.3 is 5.97 Å². The summed E-state index contributed by atoms with van der Waals surface area (Å²) in [7, 11) is 0. The first kappa shape index (κ1) is 13.5. The summed E-state index contributed by atoms with van der Waals surface area (Å²) in [5.41, 5.74) is 0.544. The van der Waals surface area contributed by atoms with E-state index in [9.17, 15) is 9.59 Å². The van der Waals surface area contributed by atoms with Crippen molar-refractivity contribution in [1.29, 1.82) is 0 Å². The van der Waals surface area contributed by atoms with E-state index in [0.29, 0.717) is 17.1 Å². The number of aliphatic carboxylic acids is 1. The maximum atomic E-state index is 11.5. The van der Waals surface area contributed by atoms with E-state index in [4.69, 9.17) is 16.7 Å². The van der Waals surface area contributed by atoms with Gasteiger partial charge in [-0.25, -0.2) is 0 Å². The quantitative estimate of drug-likeness (QED) is 0.850. The number of carboxylic acids is 1. The number of carboxylic acid groups (broad SMARTS) is 1. The van der Waals surface area contributed by atoms with Gasteiger partial charge in [-0.2, -0.15) is 0 Å². The Bertz CT molecular complexity index is 420. The van der Waals surface area contributed by atoms with Crippen LogP contribution in [0.2, 0.25) is 5.02 Å². The van der Waals surface area contributed by atoms with Crippen molar-refractivity contribution in [1.82, 2.24) is 0 Å². The Balaban J connectivity index is 2.46. The summed E-state index contributed by atoms with van der Waals surface area (Å²) in [6.45, 7) is 1.57. The van der Waals surface area contributed by atoms with Crippen molar-refractivity contribution in [2.45, 2.75) is 19.8 Å². The Labute approximate surface area is 105 Å². The number of anilines is 1. The second-order valence-corrected chi connectivity index (χ2v) is 4.21. The Hall–Kier alpha value is -1.55. The van der Waals surface area contributed by atoms with Crippen molar-refractivity contribution in [3.63, 3.8) is 0 Å². The van der Waals surface area contributed by atoms with Crippen LogP contribution in [-0.2, 0) is 9.59 Å². The number of halogens is 1. The Morgan fingerprint density at radius 1 is 1.41 bits per heavy atom. The van der Waals surface area contributed by atoms with Crippen LogP contribution < -0.4 is 5.32 Å². The summed E-state index contributed by atoms with van der Waals surface area (Å²) in [4.78, 5) is 22.1. The van der Waals surface area contributed by atoms with Crippen molar-refractivity contribution in [3.05, 3.63) is 29.3 Å². The molecular formula is C12H14ClNO3. The van der Waals surface area contributed by atoms with E-state index in [1.54, 1.807) is 31.2 Å². The second-order valence-electron chi connectivity index (χ2n) is 3.81. The van der Waals surface area contributed by atoms with Crippen molar-refractivity contribution >= 4 is 29.2 Å². The van der Waals surface area contributed by atoms with Crippen LogP contribution in [0.1, 0.15) is 19.8 Å². The Kier molecular flexibility index (Phi) is 4.97. The van der Waals surface area contributed by atoms with E-state index in [1.807, 2.05) is 0 Å². The molecule has 0 aromatic heterocycles. The van der Waals surface area contributed by atoms with Gasteiger partial charge in [0, 0.05) is 6.42 Å². The molecule has 0 aliphatic rings. The summed E-state index contributed by atoms with van der Waals surface area (Å²) in [6.07, 6.45) is 0.476. The summed E-state index contributed by atoms with van der Waals surface area (Å²) in [5, 5.41) is 11.8. The molecule has 0 unspecified atom stereocenters. The largest absolute Gasteiger partial charge is 0.481 e. The molecule has 0 spiro atoms. The predicted octanol–water partition coefficient (Wildman–Crippen LogP) is 2.78. The number of amides is 1. The average molecular weight is 256 g/mol. The molecule has 92 valence electrons. The van der Waals surface area contributed by atoms with Crippen LogP contribution in [0.25, 0.3) is 0 Å². The smallest absolute Gasteiger partial charge is 0.306 e. The molecule has 1 atom stereocenters. The number of nitrogens with one attached hydrogen (secondary N) is 1. The molecule has 1 aromatic carbocycles. The van der Waals surface area contributed by atoms with Gasteiger partial charge < -0.3 is 10.4 Å². The molecule has 5 heteroatoms. The van der Waals surface area contributed by atoms with E-state index in [-0.39, 0.29) is 12.3 Å². The van der Waals surface area contributed by atoms with Crippen molar-refractivity contribution < 1.29 is 14.7 Å². The number of benzene rings is 1. The molecule has 1 aromatic rings. The first-order valence-electron chi connectivity index (χ1n) is 5.28. The zero-order valence-electron chi connectivity index (χ0n) is 9.44. The molecule has 0 bridgehead atoms. The van der Waals surface area contributed by atoms with Gasteiger partial charge in [-0.1, -0.05) is 30.7 Å². The molecule has 0 aliphatic heterocycles. The summed E-state index contributed by atoms with van der Waals surface area (Å²) < 4.78 is 0. The highest BCUT2D eigenvalue weighted by Crippen LogP contribution is 2.20. The van der Waals surface area contributed by atoms with Gasteiger partial charge in [0.2, 0.25) is 5.91 Å². The average Bonchev–Trinajstić information content (AvgIpc) is 2.29. The van der Waals surface area contributed by atoms with Crippen LogP contribution in [0.5, 0.6) is 0 Å². The first-order valence-corrected chi connectivity index (χ1v) is 5.65. The first-order chi connectivity index (χ1) is 8.00. The lowest BCUT2D eigenvalue weighted by Crippen LogP contribution is -2.16. The second kappa shape index (κ2) is 6.25. The highest BCUT2D eigenvalue weighted by molar-refractivity contribution is 6.33. The molecule has 0 heterocycles. The molecule has 0 radical (unpaired) electrons. The molecule has 0 aliphatic carbocycles. The third-order valence-electron chi connectivity index (χ3n) is 2.37. The number of hydrogen-bond acceptors (Lipinski definition) is 2. The molecule has 17 heavy (non-hydrogen) atoms. The molecule has 1 rings (SSSR count). The van der Waals surface area contributed by atoms with Crippen molar-refractivity contribution in [2.75, 3.05) is 5.32 Å². The fourth-order valence-corrected chi connectivity index (χ4v) is 1.43. The normalized spacial score (nSPS) is 11.9. The number of rotatable bonds is 5. The summed E-state index contributed by atoms with van der Waals surface area (Å²) in [5.74, 6) is -1.64. The molecule has 0 saturated heterocycles. The molecule has 0 saturated carbocycles. The molecule has 4 nitrogen and oxygen atoms in total. The molecule has 0 fully saturated rings. The maximum absolute atomic E-state index is 11.5. The van der Waals surface area contributed by atoms with Gasteiger partial charge in [-0.05, 0) is 18.6 Å². The zero-order valence-corrected chi connectivity index (χ0v) is 10.2. The SMILES string of the molecule is C[C@@H](CCC(=O)Nc1ccccc1Cl)C(=O)O. The van der Waals surface area contributed by atoms with Gasteiger partial charge in [0.25, 0.3) is 0 Å². The minimum atomic E-state index is -0.893. The highest BCUT2D eigenvalue weighted by atomic mass is 35.5. The maximum Gasteiger partial charge on any atom is 0.306 e. The molecule has 1 amide bonds. The fraction of sp³-hybridized carbons (Fsp3) is 0.333. The van der Waals surface area contributed by atoms with Crippen LogP contribution in [0, 0.1) is 5.92 Å². The van der Waals surface area contributed by atoms with Gasteiger partial charge in [-0.15, -0.1) is 0 Å². The van der Waals surface area contributed by atoms with Crippen molar-refractivity contribution in [2.24, 2.45) is 5.92 Å². The summed E-state index contributed by atoms with van der Waals surface area (Å²) in [6, 6.07) is 6.91. The zero-order chi connectivity index (χ0) is 12.8. The third-order valence-corrected chi connectivity index (χ3v) is 2.70. The van der Waals surface area contributed by atoms with Crippen LogP contribution in [0.3, 0.4) is 0 Å². The lowest BCUT2D eigenvalue weighted by Gasteiger charge is -2.08. The lowest BCUT2D eigenvalue weighted by atomic mass is 10.1. The predicted molar refractivity (Wildman–Crippen MR) is 66.1 cm³/mol. The minimum absolute atomic E-state index is 0.165.